The molecule has 1 aromatic rings. The van der Waals surface area contributed by atoms with E-state index in [9.17, 15) is 23.1 Å². The van der Waals surface area contributed by atoms with Gasteiger partial charge in [-0.3, -0.25) is 9.59 Å². The molecule has 0 aromatic heterocycles. The number of halogens is 2. The van der Waals surface area contributed by atoms with Gasteiger partial charge in [0.15, 0.2) is 6.61 Å². The Kier molecular flexibility index (Phi) is 7.47. The zero-order valence-corrected chi connectivity index (χ0v) is 16.9. The molecule has 0 radical (unpaired) electrons. The summed E-state index contributed by atoms with van der Waals surface area (Å²) in [5.41, 5.74) is 0. The zero-order chi connectivity index (χ0) is 20.2. The number of likely N-dealkylation sites (tertiary alicyclic amines) is 1. The molecule has 1 aromatic carbocycles. The van der Waals surface area contributed by atoms with Crippen LogP contribution in [0.4, 0.5) is 0 Å². The van der Waals surface area contributed by atoms with Crippen LogP contribution in [0.2, 0.25) is 10.0 Å². The summed E-state index contributed by atoms with van der Waals surface area (Å²) < 4.78 is 31.9. The number of carbonyl (C=O) groups excluding carboxylic acids is 2. The minimum atomic E-state index is -4.19. The lowest BCUT2D eigenvalue weighted by atomic mass is 10.2. The standard InChI is InChI=1S/C16H20Cl2N2O6S/c1-10(21)15(16(23)26-9-14(22)20-6-2-3-7-20)19-27(24,25)11-4-5-12(17)13(18)8-11/h4-5,8,10,15,19,21H,2-3,6-7,9H2,1H3/t10-,15+/m1/s1. The molecule has 1 aliphatic rings. The van der Waals surface area contributed by atoms with E-state index in [4.69, 9.17) is 27.9 Å². The van der Waals surface area contributed by atoms with Gasteiger partial charge in [0.2, 0.25) is 10.0 Å². The topological polar surface area (TPSA) is 113 Å². The van der Waals surface area contributed by atoms with Crippen LogP contribution in [-0.2, 0) is 24.3 Å². The molecule has 8 nitrogen and oxygen atoms in total. The smallest absolute Gasteiger partial charge is 0.327 e. The molecule has 0 aliphatic carbocycles. The second kappa shape index (κ2) is 9.20. The first-order chi connectivity index (χ1) is 12.6. The summed E-state index contributed by atoms with van der Waals surface area (Å²) in [5.74, 6) is -1.42. The van der Waals surface area contributed by atoms with Gasteiger partial charge >= 0.3 is 5.97 Å². The first-order valence-corrected chi connectivity index (χ1v) is 10.5. The molecule has 1 saturated heterocycles. The monoisotopic (exact) mass is 438 g/mol. The fourth-order valence-corrected chi connectivity index (χ4v) is 4.15. The Hall–Kier alpha value is -1.39. The number of esters is 1. The van der Waals surface area contributed by atoms with Gasteiger partial charge in [-0.1, -0.05) is 23.2 Å². The van der Waals surface area contributed by atoms with Crippen LogP contribution < -0.4 is 4.72 Å². The Bertz CT molecular complexity index is 809. The Morgan fingerprint density at radius 1 is 1.26 bits per heavy atom. The highest BCUT2D eigenvalue weighted by atomic mass is 35.5. The van der Waals surface area contributed by atoms with Crippen LogP contribution in [0.3, 0.4) is 0 Å². The van der Waals surface area contributed by atoms with Crippen molar-refractivity contribution in [1.29, 1.82) is 0 Å². The molecule has 27 heavy (non-hydrogen) atoms. The number of aliphatic hydroxyl groups is 1. The molecular formula is C16H20Cl2N2O6S. The maximum Gasteiger partial charge on any atom is 0.327 e. The SMILES string of the molecule is C[C@@H](O)[C@H](NS(=O)(=O)c1ccc(Cl)c(Cl)c1)C(=O)OCC(=O)N1CCCC1. The highest BCUT2D eigenvalue weighted by Crippen LogP contribution is 2.25. The number of ether oxygens (including phenoxy) is 1. The normalized spacial score (nSPS) is 16.8. The number of rotatable bonds is 7. The summed E-state index contributed by atoms with van der Waals surface area (Å²) in [7, 11) is -4.19. The summed E-state index contributed by atoms with van der Waals surface area (Å²) in [6.07, 6.45) is 0.385. The lowest BCUT2D eigenvalue weighted by Gasteiger charge is -2.21. The van der Waals surface area contributed by atoms with Gasteiger partial charge in [0.05, 0.1) is 21.0 Å². The van der Waals surface area contributed by atoms with E-state index in [1.807, 2.05) is 0 Å². The Morgan fingerprint density at radius 2 is 1.89 bits per heavy atom. The molecule has 11 heteroatoms. The zero-order valence-electron chi connectivity index (χ0n) is 14.5. The van der Waals surface area contributed by atoms with Crippen molar-refractivity contribution >= 4 is 45.1 Å². The molecular weight excluding hydrogens is 419 g/mol. The molecule has 1 amide bonds. The highest BCUT2D eigenvalue weighted by Gasteiger charge is 2.32. The number of carbonyl (C=O) groups is 2. The number of amides is 1. The van der Waals surface area contributed by atoms with E-state index in [1.54, 1.807) is 4.90 Å². The van der Waals surface area contributed by atoms with E-state index in [0.29, 0.717) is 13.1 Å². The summed E-state index contributed by atoms with van der Waals surface area (Å²) in [5, 5.41) is 9.99. The van der Waals surface area contributed by atoms with E-state index in [2.05, 4.69) is 4.72 Å². The van der Waals surface area contributed by atoms with E-state index >= 15 is 0 Å². The largest absolute Gasteiger partial charge is 0.454 e. The van der Waals surface area contributed by atoms with Crippen molar-refractivity contribution in [2.45, 2.75) is 36.8 Å². The Labute approximate surface area is 167 Å². The third-order valence-corrected chi connectivity index (χ3v) is 6.19. The number of hydrogen-bond donors (Lipinski definition) is 2. The lowest BCUT2D eigenvalue weighted by Crippen LogP contribution is -2.49. The number of benzene rings is 1. The minimum absolute atomic E-state index is 0.0203. The van der Waals surface area contributed by atoms with E-state index in [-0.39, 0.29) is 20.8 Å². The summed E-state index contributed by atoms with van der Waals surface area (Å²) in [6.45, 7) is 1.91. The fraction of sp³-hybridized carbons (Fsp3) is 0.500. The molecule has 2 N–H and O–H groups in total. The van der Waals surface area contributed by atoms with Crippen molar-refractivity contribution in [2.24, 2.45) is 0 Å². The number of nitrogens with zero attached hydrogens (tertiary/aromatic N) is 1. The van der Waals surface area contributed by atoms with Gasteiger partial charge in [0, 0.05) is 13.1 Å². The minimum Gasteiger partial charge on any atom is -0.454 e. The molecule has 2 atom stereocenters. The van der Waals surface area contributed by atoms with Crippen molar-refractivity contribution in [3.05, 3.63) is 28.2 Å². The first-order valence-electron chi connectivity index (χ1n) is 8.21. The Morgan fingerprint density at radius 3 is 2.44 bits per heavy atom. The predicted molar refractivity (Wildman–Crippen MR) is 99.0 cm³/mol. The second-order valence-corrected chi connectivity index (χ2v) is 8.64. The molecule has 0 spiro atoms. The van der Waals surface area contributed by atoms with Crippen LogP contribution >= 0.6 is 23.2 Å². The average Bonchev–Trinajstić information content (AvgIpc) is 3.14. The van der Waals surface area contributed by atoms with Gasteiger partial charge in [-0.15, -0.1) is 0 Å². The molecule has 0 bridgehead atoms. The van der Waals surface area contributed by atoms with Crippen LogP contribution in [0.5, 0.6) is 0 Å². The van der Waals surface area contributed by atoms with Crippen LogP contribution in [0.15, 0.2) is 23.1 Å². The molecule has 1 aliphatic heterocycles. The van der Waals surface area contributed by atoms with Crippen LogP contribution in [-0.4, -0.2) is 62.1 Å². The quantitative estimate of drug-likeness (QED) is 0.618. The molecule has 2 rings (SSSR count). The summed E-state index contributed by atoms with van der Waals surface area (Å²) in [6, 6.07) is 2.03. The summed E-state index contributed by atoms with van der Waals surface area (Å²) >= 11 is 11.6. The van der Waals surface area contributed by atoms with Gasteiger partial charge in [-0.05, 0) is 38.0 Å². The molecule has 0 unspecified atom stereocenters. The Balaban J connectivity index is 2.05. The maximum atomic E-state index is 12.5. The molecule has 1 fully saturated rings. The molecule has 150 valence electrons. The van der Waals surface area contributed by atoms with Gasteiger partial charge in [0.1, 0.15) is 6.04 Å². The summed E-state index contributed by atoms with van der Waals surface area (Å²) in [4.78, 5) is 25.5. The van der Waals surface area contributed by atoms with Gasteiger partial charge in [0.25, 0.3) is 5.91 Å². The third kappa shape index (κ3) is 5.79. The molecule has 0 saturated carbocycles. The number of sulfonamides is 1. The van der Waals surface area contributed by atoms with Crippen molar-refractivity contribution in [3.8, 4) is 0 Å². The van der Waals surface area contributed by atoms with E-state index in [0.717, 1.165) is 18.9 Å². The van der Waals surface area contributed by atoms with Gasteiger partial charge in [-0.25, -0.2) is 8.42 Å². The number of nitrogens with one attached hydrogen (secondary N) is 1. The third-order valence-electron chi connectivity index (χ3n) is 4.02. The highest BCUT2D eigenvalue weighted by molar-refractivity contribution is 7.89. The van der Waals surface area contributed by atoms with Gasteiger partial charge in [-0.2, -0.15) is 4.72 Å². The van der Waals surface area contributed by atoms with Crippen molar-refractivity contribution in [3.63, 3.8) is 0 Å². The number of aliphatic hydroxyl groups excluding tert-OH is 1. The number of hydrogen-bond acceptors (Lipinski definition) is 6. The van der Waals surface area contributed by atoms with Crippen molar-refractivity contribution < 1.29 is 27.9 Å². The van der Waals surface area contributed by atoms with Crippen LogP contribution in [0.1, 0.15) is 19.8 Å². The van der Waals surface area contributed by atoms with Crippen molar-refractivity contribution in [2.75, 3.05) is 19.7 Å². The van der Waals surface area contributed by atoms with E-state index in [1.165, 1.54) is 19.1 Å². The molecule has 1 heterocycles. The average molecular weight is 439 g/mol. The first kappa shape index (κ1) is 21.9. The van der Waals surface area contributed by atoms with Crippen LogP contribution in [0, 0.1) is 0 Å². The fourth-order valence-electron chi connectivity index (χ4n) is 2.50. The predicted octanol–water partition coefficient (Wildman–Crippen LogP) is 1.19. The van der Waals surface area contributed by atoms with Crippen LogP contribution in [0.25, 0.3) is 0 Å². The lowest BCUT2D eigenvalue weighted by molar-refractivity contribution is -0.155. The van der Waals surface area contributed by atoms with E-state index < -0.39 is 34.7 Å². The van der Waals surface area contributed by atoms with Crippen molar-refractivity contribution in [1.82, 2.24) is 9.62 Å². The second-order valence-electron chi connectivity index (χ2n) is 6.11. The van der Waals surface area contributed by atoms with Gasteiger partial charge < -0.3 is 14.7 Å². The maximum absolute atomic E-state index is 12.5.